The van der Waals surface area contributed by atoms with Gasteiger partial charge in [0, 0.05) is 0 Å². The third-order valence-corrected chi connectivity index (χ3v) is 3.24. The van der Waals surface area contributed by atoms with E-state index in [-0.39, 0.29) is 4.99 Å². The van der Waals surface area contributed by atoms with Crippen LogP contribution in [0.25, 0.3) is 0 Å². The fourth-order valence-corrected chi connectivity index (χ4v) is 1.28. The quantitative estimate of drug-likeness (QED) is 0.666. The average molecular weight is 308 g/mol. The fourth-order valence-electron chi connectivity index (χ4n) is 1.19. The number of amides is 1. The van der Waals surface area contributed by atoms with Crippen molar-refractivity contribution in [1.82, 2.24) is 0 Å². The first-order valence-corrected chi connectivity index (χ1v) is 5.85. The Morgan fingerprint density at radius 1 is 1.30 bits per heavy atom. The average Bonchev–Trinajstić information content (AvgIpc) is 2.30. The molecule has 1 rings (SSSR count). The Morgan fingerprint density at radius 2 is 1.85 bits per heavy atom. The molecule has 0 heterocycles. The first kappa shape index (κ1) is 16.4. The van der Waals surface area contributed by atoms with Crippen molar-refractivity contribution >= 4 is 28.8 Å². The van der Waals surface area contributed by atoms with Crippen LogP contribution in [0.4, 0.5) is 23.2 Å². The highest BCUT2D eigenvalue weighted by Crippen LogP contribution is 2.32. The van der Waals surface area contributed by atoms with E-state index in [0.717, 1.165) is 0 Å². The predicted octanol–water partition coefficient (Wildman–Crippen LogP) is 3.10. The molecule has 110 valence electrons. The van der Waals surface area contributed by atoms with Gasteiger partial charge in [-0.1, -0.05) is 12.2 Å². The van der Waals surface area contributed by atoms with E-state index in [1.54, 1.807) is 0 Å². The van der Waals surface area contributed by atoms with E-state index in [0.29, 0.717) is 18.2 Å². The molecule has 0 atom stereocenters. The molecule has 0 spiro atoms. The second-order valence-corrected chi connectivity index (χ2v) is 5.08. The van der Waals surface area contributed by atoms with Crippen molar-refractivity contribution < 1.29 is 22.4 Å². The summed E-state index contributed by atoms with van der Waals surface area (Å²) in [5, 5.41) is 2.06. The number of halogens is 4. The van der Waals surface area contributed by atoms with Crippen LogP contribution in [0, 0.1) is 11.2 Å². The largest absolute Gasteiger partial charge is 0.416 e. The fraction of sp³-hybridized carbons (Fsp3) is 0.333. The molecule has 0 unspecified atom stereocenters. The van der Waals surface area contributed by atoms with Gasteiger partial charge in [0.05, 0.1) is 21.7 Å². The van der Waals surface area contributed by atoms with Gasteiger partial charge in [-0.05, 0) is 32.0 Å². The maximum atomic E-state index is 13.5. The highest BCUT2D eigenvalue weighted by molar-refractivity contribution is 7.80. The van der Waals surface area contributed by atoms with Crippen LogP contribution in [0.2, 0.25) is 0 Å². The Kier molecular flexibility index (Phi) is 4.38. The van der Waals surface area contributed by atoms with Gasteiger partial charge in [-0.15, -0.1) is 0 Å². The normalized spacial score (nSPS) is 12.1. The van der Waals surface area contributed by atoms with Crippen molar-refractivity contribution in [3.8, 4) is 0 Å². The first-order chi connectivity index (χ1) is 8.96. The van der Waals surface area contributed by atoms with Gasteiger partial charge in [0.2, 0.25) is 5.91 Å². The van der Waals surface area contributed by atoms with Gasteiger partial charge in [-0.2, -0.15) is 13.2 Å². The molecule has 3 N–H and O–H groups in total. The lowest BCUT2D eigenvalue weighted by atomic mass is 9.92. The van der Waals surface area contributed by atoms with Crippen molar-refractivity contribution in [2.75, 3.05) is 5.32 Å². The minimum atomic E-state index is -4.63. The van der Waals surface area contributed by atoms with Gasteiger partial charge in [-0.3, -0.25) is 4.79 Å². The molecule has 1 amide bonds. The number of carbonyl (C=O) groups is 1. The minimum Gasteiger partial charge on any atom is -0.392 e. The summed E-state index contributed by atoms with van der Waals surface area (Å²) in [5.41, 5.74) is 2.41. The van der Waals surface area contributed by atoms with E-state index >= 15 is 0 Å². The van der Waals surface area contributed by atoms with Crippen LogP contribution >= 0.6 is 12.2 Å². The number of benzene rings is 1. The number of nitrogens with one attached hydrogen (secondary N) is 1. The Balaban J connectivity index is 3.10. The molecule has 0 saturated heterocycles. The number of hydrogen-bond donors (Lipinski definition) is 2. The van der Waals surface area contributed by atoms with Crippen molar-refractivity contribution in [3.05, 3.63) is 29.6 Å². The monoisotopic (exact) mass is 308 g/mol. The predicted molar refractivity (Wildman–Crippen MR) is 70.6 cm³/mol. The van der Waals surface area contributed by atoms with Crippen LogP contribution in [-0.2, 0) is 11.0 Å². The maximum absolute atomic E-state index is 13.5. The number of nitrogens with two attached hydrogens (primary N) is 1. The highest BCUT2D eigenvalue weighted by atomic mass is 32.1. The Morgan fingerprint density at radius 3 is 2.30 bits per heavy atom. The Labute approximate surface area is 118 Å². The van der Waals surface area contributed by atoms with Crippen molar-refractivity contribution in [2.45, 2.75) is 20.0 Å². The zero-order chi connectivity index (χ0) is 15.7. The highest BCUT2D eigenvalue weighted by Gasteiger charge is 2.34. The molecule has 0 radical (unpaired) electrons. The van der Waals surface area contributed by atoms with Crippen molar-refractivity contribution in [2.24, 2.45) is 11.1 Å². The second-order valence-electron chi connectivity index (χ2n) is 4.64. The van der Waals surface area contributed by atoms with Gasteiger partial charge in [0.1, 0.15) is 5.82 Å². The third-order valence-electron chi connectivity index (χ3n) is 2.73. The van der Waals surface area contributed by atoms with Gasteiger partial charge in [-0.25, -0.2) is 4.39 Å². The van der Waals surface area contributed by atoms with E-state index in [1.165, 1.54) is 13.8 Å². The number of carbonyl (C=O) groups excluding carboxylic acids is 1. The molecule has 20 heavy (non-hydrogen) atoms. The SMILES string of the molecule is CC(C)(C(=O)Nc1cc(C(F)(F)F)ccc1F)C(N)=S. The first-order valence-electron chi connectivity index (χ1n) is 5.44. The number of rotatable bonds is 3. The summed E-state index contributed by atoms with van der Waals surface area (Å²) in [6.07, 6.45) is -4.63. The number of thiocarbonyl (C=S) groups is 1. The van der Waals surface area contributed by atoms with Gasteiger partial charge in [0.25, 0.3) is 0 Å². The summed E-state index contributed by atoms with van der Waals surface area (Å²) in [5.74, 6) is -1.77. The molecule has 3 nitrogen and oxygen atoms in total. The summed E-state index contributed by atoms with van der Waals surface area (Å²) >= 11 is 4.69. The standard InChI is InChI=1S/C12H12F4N2OS/c1-11(2,9(17)20)10(19)18-8-5-6(12(14,15)16)3-4-7(8)13/h3-5H,1-2H3,(H2,17,20)(H,18,19). The van der Waals surface area contributed by atoms with Crippen molar-refractivity contribution in [3.63, 3.8) is 0 Å². The molecule has 0 aliphatic carbocycles. The summed E-state index contributed by atoms with van der Waals surface area (Å²) in [7, 11) is 0. The van der Waals surface area contributed by atoms with Gasteiger partial charge < -0.3 is 11.1 Å². The molecular formula is C12H12F4N2OS. The Hall–Kier alpha value is -1.70. The molecule has 1 aromatic carbocycles. The van der Waals surface area contributed by atoms with E-state index in [2.05, 4.69) is 17.5 Å². The zero-order valence-electron chi connectivity index (χ0n) is 10.6. The molecular weight excluding hydrogens is 296 g/mol. The minimum absolute atomic E-state index is 0.151. The number of anilines is 1. The molecule has 0 aliphatic heterocycles. The van der Waals surface area contributed by atoms with E-state index in [1.807, 2.05) is 0 Å². The molecule has 0 fully saturated rings. The topological polar surface area (TPSA) is 55.1 Å². The van der Waals surface area contributed by atoms with Gasteiger partial charge >= 0.3 is 6.18 Å². The lowest BCUT2D eigenvalue weighted by Gasteiger charge is -2.22. The molecule has 0 saturated carbocycles. The summed E-state index contributed by atoms with van der Waals surface area (Å²) < 4.78 is 51.0. The van der Waals surface area contributed by atoms with Crippen LogP contribution in [0.5, 0.6) is 0 Å². The van der Waals surface area contributed by atoms with Crippen LogP contribution < -0.4 is 11.1 Å². The van der Waals surface area contributed by atoms with Gasteiger partial charge in [0.15, 0.2) is 0 Å². The lowest BCUT2D eigenvalue weighted by molar-refractivity contribution is -0.137. The van der Waals surface area contributed by atoms with E-state index in [9.17, 15) is 22.4 Å². The van der Waals surface area contributed by atoms with E-state index in [4.69, 9.17) is 5.73 Å². The van der Waals surface area contributed by atoms with Crippen LogP contribution in [0.1, 0.15) is 19.4 Å². The number of hydrogen-bond acceptors (Lipinski definition) is 2. The van der Waals surface area contributed by atoms with Crippen LogP contribution in [-0.4, -0.2) is 10.9 Å². The summed E-state index contributed by atoms with van der Waals surface area (Å²) in [6.45, 7) is 2.77. The number of alkyl halides is 3. The lowest BCUT2D eigenvalue weighted by Crippen LogP contribution is -2.41. The molecule has 0 aliphatic rings. The zero-order valence-corrected chi connectivity index (χ0v) is 11.5. The summed E-state index contributed by atoms with van der Waals surface area (Å²) in [6, 6.07) is 1.73. The van der Waals surface area contributed by atoms with Crippen molar-refractivity contribution in [1.29, 1.82) is 0 Å². The maximum Gasteiger partial charge on any atom is 0.416 e. The Bertz CT molecular complexity index is 555. The smallest absolute Gasteiger partial charge is 0.392 e. The molecule has 1 aromatic rings. The molecule has 8 heteroatoms. The molecule has 0 aromatic heterocycles. The molecule has 0 bridgehead atoms. The van der Waals surface area contributed by atoms with E-state index < -0.39 is 34.6 Å². The third kappa shape index (κ3) is 3.44. The van der Waals surface area contributed by atoms with Crippen LogP contribution in [0.15, 0.2) is 18.2 Å². The van der Waals surface area contributed by atoms with Crippen LogP contribution in [0.3, 0.4) is 0 Å². The summed E-state index contributed by atoms with van der Waals surface area (Å²) in [4.78, 5) is 11.7. The second kappa shape index (κ2) is 5.35.